The van der Waals surface area contributed by atoms with Crippen molar-refractivity contribution in [3.05, 3.63) is 49.2 Å². The number of benzene rings is 1. The van der Waals surface area contributed by atoms with Gasteiger partial charge in [-0.3, -0.25) is 9.48 Å². The van der Waals surface area contributed by atoms with Gasteiger partial charge in [0.1, 0.15) is 0 Å². The van der Waals surface area contributed by atoms with Crippen LogP contribution in [0.3, 0.4) is 0 Å². The third-order valence-corrected chi connectivity index (χ3v) is 6.37. The molecule has 7 nitrogen and oxygen atoms in total. The normalized spacial score (nSPS) is 18.4. The number of piperidine rings is 1. The highest BCUT2D eigenvalue weighted by atomic mass is 32.2. The number of nitrogens with one attached hydrogen (secondary N) is 1. The smallest absolute Gasteiger partial charge is 0.243 e. The van der Waals surface area contributed by atoms with Gasteiger partial charge in [-0.15, -0.1) is 0 Å². The van der Waals surface area contributed by atoms with Crippen LogP contribution in [0.1, 0.15) is 12.8 Å². The summed E-state index contributed by atoms with van der Waals surface area (Å²) in [6.45, 7) is 4.14. The lowest BCUT2D eigenvalue weighted by molar-refractivity contribution is -0.117. The van der Waals surface area contributed by atoms with Crippen molar-refractivity contribution in [3.8, 4) is 11.3 Å². The topological polar surface area (TPSA) is 84.3 Å². The zero-order chi connectivity index (χ0) is 18.7. The van der Waals surface area contributed by atoms with Gasteiger partial charge in [0.25, 0.3) is 0 Å². The predicted molar refractivity (Wildman–Crippen MR) is 98.8 cm³/mol. The van der Waals surface area contributed by atoms with Crippen LogP contribution in [-0.4, -0.2) is 47.5 Å². The van der Waals surface area contributed by atoms with Gasteiger partial charge in [0.2, 0.25) is 15.9 Å². The highest BCUT2D eigenvalue weighted by molar-refractivity contribution is 7.89. The quantitative estimate of drug-likeness (QED) is 0.805. The van der Waals surface area contributed by atoms with E-state index in [1.165, 1.54) is 10.4 Å². The molecule has 0 radical (unpaired) electrons. The molecule has 1 aromatic carbocycles. The number of hydrogen-bond acceptors (Lipinski definition) is 4. The Morgan fingerprint density at radius 1 is 1.38 bits per heavy atom. The Balaban J connectivity index is 1.85. The summed E-state index contributed by atoms with van der Waals surface area (Å²) in [4.78, 5) is 11.8. The Morgan fingerprint density at radius 3 is 2.88 bits per heavy atom. The summed E-state index contributed by atoms with van der Waals surface area (Å²) in [7, 11) is -1.82. The van der Waals surface area contributed by atoms with Crippen molar-refractivity contribution in [3.63, 3.8) is 0 Å². The number of rotatable bonds is 5. The van der Waals surface area contributed by atoms with Gasteiger partial charge in [0, 0.05) is 37.9 Å². The monoisotopic (exact) mass is 374 g/mol. The molecule has 0 saturated carbocycles. The van der Waals surface area contributed by atoms with Gasteiger partial charge in [0.15, 0.2) is 0 Å². The molecule has 0 unspecified atom stereocenters. The number of carbonyl (C=O) groups is 1. The maximum absolute atomic E-state index is 13.1. The first-order valence-corrected chi connectivity index (χ1v) is 9.87. The molecule has 138 valence electrons. The minimum absolute atomic E-state index is 0.204. The summed E-state index contributed by atoms with van der Waals surface area (Å²) in [5.41, 5.74) is 1.64. The molecule has 0 spiro atoms. The van der Waals surface area contributed by atoms with Crippen LogP contribution in [0.15, 0.2) is 54.1 Å². The maximum Gasteiger partial charge on any atom is 0.243 e. The number of amides is 1. The first-order chi connectivity index (χ1) is 12.4. The summed E-state index contributed by atoms with van der Waals surface area (Å²) in [6.07, 6.45) is 4.32. The molecule has 1 aliphatic rings. The molecule has 1 atom stereocenters. The van der Waals surface area contributed by atoms with E-state index in [1.54, 1.807) is 29.1 Å². The van der Waals surface area contributed by atoms with Crippen LogP contribution in [0.4, 0.5) is 0 Å². The van der Waals surface area contributed by atoms with Crippen molar-refractivity contribution in [2.24, 2.45) is 7.05 Å². The van der Waals surface area contributed by atoms with Crippen molar-refractivity contribution in [2.75, 3.05) is 13.1 Å². The lowest BCUT2D eigenvalue weighted by Gasteiger charge is -2.32. The molecule has 1 aromatic heterocycles. The Labute approximate surface area is 153 Å². The standard InChI is InChI=1S/C18H22N4O3S/c1-3-18(23)20-15-7-5-11-22(13-15)26(24,25)16-8-4-6-14(12-16)17-9-10-19-21(17)2/h3-4,6,8-10,12,15H,1,5,7,11,13H2,2H3,(H,20,23)/t15-/m0/s1. The molecule has 1 aliphatic heterocycles. The number of carbonyl (C=O) groups excluding carboxylic acids is 1. The van der Waals surface area contributed by atoms with E-state index in [2.05, 4.69) is 17.0 Å². The molecule has 0 bridgehead atoms. The van der Waals surface area contributed by atoms with Crippen LogP contribution in [0.5, 0.6) is 0 Å². The predicted octanol–water partition coefficient (Wildman–Crippen LogP) is 1.54. The van der Waals surface area contributed by atoms with E-state index in [1.807, 2.05) is 19.2 Å². The van der Waals surface area contributed by atoms with E-state index in [9.17, 15) is 13.2 Å². The van der Waals surface area contributed by atoms with Gasteiger partial charge in [-0.25, -0.2) is 8.42 Å². The Hall–Kier alpha value is -2.45. The molecule has 26 heavy (non-hydrogen) atoms. The van der Waals surface area contributed by atoms with Gasteiger partial charge >= 0.3 is 0 Å². The molecule has 2 heterocycles. The van der Waals surface area contributed by atoms with Gasteiger partial charge in [-0.05, 0) is 37.1 Å². The number of nitrogens with zero attached hydrogens (tertiary/aromatic N) is 3. The first-order valence-electron chi connectivity index (χ1n) is 8.43. The average Bonchev–Trinajstić information content (AvgIpc) is 3.08. The number of aryl methyl sites for hydroxylation is 1. The molecule has 1 amide bonds. The highest BCUT2D eigenvalue weighted by Gasteiger charge is 2.30. The van der Waals surface area contributed by atoms with Crippen LogP contribution in [0.2, 0.25) is 0 Å². The fourth-order valence-electron chi connectivity index (χ4n) is 3.16. The van der Waals surface area contributed by atoms with Crippen LogP contribution in [0, 0.1) is 0 Å². The fourth-order valence-corrected chi connectivity index (χ4v) is 4.73. The van der Waals surface area contributed by atoms with Crippen molar-refractivity contribution < 1.29 is 13.2 Å². The van der Waals surface area contributed by atoms with Crippen molar-refractivity contribution in [1.29, 1.82) is 0 Å². The highest BCUT2D eigenvalue weighted by Crippen LogP contribution is 2.25. The van der Waals surface area contributed by atoms with E-state index in [0.29, 0.717) is 13.0 Å². The zero-order valence-electron chi connectivity index (χ0n) is 14.6. The fraction of sp³-hybridized carbons (Fsp3) is 0.333. The third-order valence-electron chi connectivity index (χ3n) is 4.50. The van der Waals surface area contributed by atoms with Gasteiger partial charge in [-0.2, -0.15) is 9.40 Å². The maximum atomic E-state index is 13.1. The molecule has 1 saturated heterocycles. The Kier molecular flexibility index (Phi) is 5.24. The lowest BCUT2D eigenvalue weighted by Crippen LogP contribution is -2.49. The van der Waals surface area contributed by atoms with Crippen molar-refractivity contribution >= 4 is 15.9 Å². The van der Waals surface area contributed by atoms with Crippen LogP contribution >= 0.6 is 0 Å². The van der Waals surface area contributed by atoms with Crippen LogP contribution in [-0.2, 0) is 21.9 Å². The first kappa shape index (κ1) is 18.3. The lowest BCUT2D eigenvalue weighted by atomic mass is 10.1. The number of sulfonamides is 1. The molecule has 3 rings (SSSR count). The Bertz CT molecular complexity index is 920. The molecule has 0 aliphatic carbocycles. The summed E-state index contributed by atoms with van der Waals surface area (Å²) < 4.78 is 29.3. The largest absolute Gasteiger partial charge is 0.349 e. The Morgan fingerprint density at radius 2 is 2.19 bits per heavy atom. The van der Waals surface area contributed by atoms with E-state index in [-0.39, 0.29) is 23.4 Å². The van der Waals surface area contributed by atoms with Gasteiger partial charge in [-0.1, -0.05) is 18.7 Å². The third kappa shape index (κ3) is 3.71. The van der Waals surface area contributed by atoms with Crippen molar-refractivity contribution in [1.82, 2.24) is 19.4 Å². The SMILES string of the molecule is C=CC(=O)N[C@H]1CCCN(S(=O)(=O)c2cccc(-c3ccnn3C)c2)C1. The molecule has 2 aromatic rings. The molecule has 1 N–H and O–H groups in total. The summed E-state index contributed by atoms with van der Waals surface area (Å²) in [5, 5.41) is 6.92. The molecular formula is C18H22N4O3S. The number of hydrogen-bond donors (Lipinski definition) is 1. The minimum Gasteiger partial charge on any atom is -0.349 e. The average molecular weight is 374 g/mol. The van der Waals surface area contributed by atoms with E-state index in [0.717, 1.165) is 17.7 Å². The molecule has 1 fully saturated rings. The minimum atomic E-state index is -3.64. The van der Waals surface area contributed by atoms with Crippen LogP contribution < -0.4 is 5.32 Å². The summed E-state index contributed by atoms with van der Waals surface area (Å²) in [6, 6.07) is 8.49. The van der Waals surface area contributed by atoms with E-state index >= 15 is 0 Å². The van der Waals surface area contributed by atoms with Gasteiger partial charge in [0.05, 0.1) is 10.6 Å². The summed E-state index contributed by atoms with van der Waals surface area (Å²) in [5.74, 6) is -0.285. The summed E-state index contributed by atoms with van der Waals surface area (Å²) >= 11 is 0. The van der Waals surface area contributed by atoms with E-state index < -0.39 is 10.0 Å². The number of aromatic nitrogens is 2. The second-order valence-corrected chi connectivity index (χ2v) is 8.22. The van der Waals surface area contributed by atoms with E-state index in [4.69, 9.17) is 0 Å². The second-order valence-electron chi connectivity index (χ2n) is 6.28. The van der Waals surface area contributed by atoms with Crippen LogP contribution in [0.25, 0.3) is 11.3 Å². The van der Waals surface area contributed by atoms with Crippen molar-refractivity contribution in [2.45, 2.75) is 23.8 Å². The van der Waals surface area contributed by atoms with Gasteiger partial charge < -0.3 is 5.32 Å². The molecule has 8 heteroatoms. The zero-order valence-corrected chi connectivity index (χ0v) is 15.4. The molecular weight excluding hydrogens is 352 g/mol. The second kappa shape index (κ2) is 7.43.